The van der Waals surface area contributed by atoms with Crippen LogP contribution in [0.2, 0.25) is 0 Å². The number of hydrogen-bond acceptors (Lipinski definition) is 8. The van der Waals surface area contributed by atoms with Gasteiger partial charge in [0.1, 0.15) is 18.3 Å². The quantitative estimate of drug-likeness (QED) is 0.576. The van der Waals surface area contributed by atoms with Gasteiger partial charge in [0.25, 0.3) is 0 Å². The molecule has 1 aromatic rings. The van der Waals surface area contributed by atoms with Crippen molar-refractivity contribution in [2.75, 3.05) is 13.2 Å². The molecular weight excluding hydrogens is 404 g/mol. The van der Waals surface area contributed by atoms with Crippen molar-refractivity contribution in [1.29, 1.82) is 0 Å². The lowest BCUT2D eigenvalue weighted by atomic mass is 10.1. The van der Waals surface area contributed by atoms with Crippen molar-refractivity contribution in [2.45, 2.75) is 89.4 Å². The minimum absolute atomic E-state index is 0.142. The average molecular weight is 437 g/mol. The highest BCUT2D eigenvalue weighted by Crippen LogP contribution is 2.40. The van der Waals surface area contributed by atoms with Crippen LogP contribution in [0.4, 0.5) is 0 Å². The smallest absolute Gasteiger partial charge is 0.303 e. The van der Waals surface area contributed by atoms with E-state index in [0.29, 0.717) is 13.2 Å². The van der Waals surface area contributed by atoms with E-state index in [2.05, 4.69) is 0 Å². The summed E-state index contributed by atoms with van der Waals surface area (Å²) in [6, 6.07) is 9.86. The summed E-state index contributed by atoms with van der Waals surface area (Å²) in [4.78, 5) is 11.8. The monoisotopic (exact) mass is 436 g/mol. The fourth-order valence-corrected chi connectivity index (χ4v) is 4.21. The summed E-state index contributed by atoms with van der Waals surface area (Å²) in [5.41, 5.74) is 1.03. The maximum atomic E-state index is 11.8. The fourth-order valence-electron chi connectivity index (χ4n) is 4.21. The van der Waals surface area contributed by atoms with Crippen molar-refractivity contribution in [3.05, 3.63) is 35.9 Å². The Hall–Kier alpha value is -1.55. The Bertz CT molecular complexity index is 718. The molecule has 31 heavy (non-hydrogen) atoms. The largest absolute Gasteiger partial charge is 0.457 e. The number of carbonyl (C=O) groups is 1. The summed E-state index contributed by atoms with van der Waals surface area (Å²) in [6.07, 6.45) is -0.216. The second-order valence-electron chi connectivity index (χ2n) is 8.61. The molecule has 0 spiro atoms. The number of ether oxygens (including phenoxy) is 7. The molecule has 0 N–H and O–H groups in total. The second kappa shape index (κ2) is 9.94. The van der Waals surface area contributed by atoms with E-state index in [1.54, 1.807) is 0 Å². The normalized spacial score (nSPS) is 33.1. The van der Waals surface area contributed by atoms with Gasteiger partial charge in [-0.1, -0.05) is 30.3 Å². The summed E-state index contributed by atoms with van der Waals surface area (Å²) in [5, 5.41) is 0. The van der Waals surface area contributed by atoms with Gasteiger partial charge >= 0.3 is 5.97 Å². The lowest BCUT2D eigenvalue weighted by molar-refractivity contribution is -0.243. The van der Waals surface area contributed by atoms with Crippen LogP contribution < -0.4 is 0 Å². The van der Waals surface area contributed by atoms with Gasteiger partial charge in [-0.2, -0.15) is 0 Å². The number of rotatable bonds is 8. The summed E-state index contributed by atoms with van der Waals surface area (Å²) in [6.45, 7) is 6.24. The molecule has 3 aliphatic heterocycles. The van der Waals surface area contributed by atoms with Gasteiger partial charge in [-0.25, -0.2) is 0 Å². The maximum absolute atomic E-state index is 11.8. The van der Waals surface area contributed by atoms with Gasteiger partial charge < -0.3 is 33.2 Å². The number of benzene rings is 1. The van der Waals surface area contributed by atoms with Crippen LogP contribution in [0.3, 0.4) is 0 Å². The van der Waals surface area contributed by atoms with E-state index in [1.165, 1.54) is 6.92 Å². The lowest BCUT2D eigenvalue weighted by Gasteiger charge is -2.32. The summed E-state index contributed by atoms with van der Waals surface area (Å²) >= 11 is 0. The maximum Gasteiger partial charge on any atom is 0.303 e. The molecule has 0 radical (unpaired) electrons. The molecule has 3 aliphatic rings. The summed E-state index contributed by atoms with van der Waals surface area (Å²) in [5.74, 6) is -1.19. The van der Waals surface area contributed by atoms with E-state index in [0.717, 1.165) is 24.8 Å². The van der Waals surface area contributed by atoms with Gasteiger partial charge in [-0.3, -0.25) is 4.79 Å². The topological polar surface area (TPSA) is 81.7 Å². The third kappa shape index (κ3) is 5.83. The minimum Gasteiger partial charge on any atom is -0.457 e. The fraction of sp³-hybridized carbons (Fsp3) is 0.696. The second-order valence-corrected chi connectivity index (χ2v) is 8.61. The molecule has 0 saturated carbocycles. The number of hydrogen-bond donors (Lipinski definition) is 0. The van der Waals surface area contributed by atoms with E-state index in [4.69, 9.17) is 33.2 Å². The van der Waals surface area contributed by atoms with Gasteiger partial charge in [-0.05, 0) is 38.7 Å². The molecule has 6 atom stereocenters. The van der Waals surface area contributed by atoms with E-state index in [9.17, 15) is 4.79 Å². The molecule has 3 saturated heterocycles. The Morgan fingerprint density at radius 3 is 2.68 bits per heavy atom. The highest BCUT2D eigenvalue weighted by Gasteiger charge is 2.58. The molecule has 0 bridgehead atoms. The average Bonchev–Trinajstić information content (AvgIpc) is 3.22. The van der Waals surface area contributed by atoms with Crippen LogP contribution in [0, 0.1) is 0 Å². The molecule has 3 heterocycles. The molecule has 1 aromatic carbocycles. The summed E-state index contributed by atoms with van der Waals surface area (Å²) < 4.78 is 41.5. The molecule has 0 aliphatic carbocycles. The molecule has 8 nitrogen and oxygen atoms in total. The van der Waals surface area contributed by atoms with Crippen LogP contribution in [-0.2, 0) is 44.6 Å². The Balaban J connectivity index is 1.47. The molecule has 4 rings (SSSR count). The third-order valence-electron chi connectivity index (χ3n) is 5.58. The van der Waals surface area contributed by atoms with Crippen molar-refractivity contribution in [1.82, 2.24) is 0 Å². The number of esters is 1. The molecule has 8 heteroatoms. The molecule has 172 valence electrons. The van der Waals surface area contributed by atoms with Crippen molar-refractivity contribution >= 4 is 5.97 Å². The van der Waals surface area contributed by atoms with Gasteiger partial charge in [-0.15, -0.1) is 0 Å². The predicted octanol–water partition coefficient (Wildman–Crippen LogP) is 2.92. The van der Waals surface area contributed by atoms with Crippen molar-refractivity contribution in [3.8, 4) is 0 Å². The molecule has 0 amide bonds. The predicted molar refractivity (Wildman–Crippen MR) is 109 cm³/mol. The molecule has 0 aromatic heterocycles. The summed E-state index contributed by atoms with van der Waals surface area (Å²) in [7, 11) is 0. The van der Waals surface area contributed by atoms with E-state index in [1.807, 2.05) is 44.2 Å². The lowest BCUT2D eigenvalue weighted by Crippen LogP contribution is -2.46. The van der Waals surface area contributed by atoms with E-state index < -0.39 is 42.5 Å². The van der Waals surface area contributed by atoms with E-state index in [-0.39, 0.29) is 12.9 Å². The Labute approximate surface area is 183 Å². The van der Waals surface area contributed by atoms with E-state index >= 15 is 0 Å². The third-order valence-corrected chi connectivity index (χ3v) is 5.58. The first kappa shape index (κ1) is 22.6. The molecule has 3 fully saturated rings. The van der Waals surface area contributed by atoms with Crippen molar-refractivity contribution in [2.24, 2.45) is 0 Å². The zero-order valence-corrected chi connectivity index (χ0v) is 18.4. The zero-order valence-electron chi connectivity index (χ0n) is 18.4. The van der Waals surface area contributed by atoms with Gasteiger partial charge in [0.15, 0.2) is 24.5 Å². The number of fused-ring (bicyclic) bond motifs is 1. The molecule has 1 unspecified atom stereocenters. The molecular formula is C23H32O8. The standard InChI is InChI=1S/C23H32O8/c1-15(24)28-17(14-26-18-11-7-8-12-25-18)19-20(27-13-16-9-5-4-6-10-16)21-22(29-19)31-23(2,3)30-21/h4-6,9-10,17-22H,7-8,11-14H2,1-3H3/t17-,18?,19+,20-,21+,22+/m0/s1. The highest BCUT2D eigenvalue weighted by atomic mass is 16.8. The Morgan fingerprint density at radius 2 is 1.97 bits per heavy atom. The first-order valence-corrected chi connectivity index (χ1v) is 11.0. The Morgan fingerprint density at radius 1 is 1.16 bits per heavy atom. The zero-order chi connectivity index (χ0) is 21.8. The van der Waals surface area contributed by atoms with Crippen LogP contribution in [0.15, 0.2) is 30.3 Å². The number of carbonyl (C=O) groups excluding carboxylic acids is 1. The minimum atomic E-state index is -0.780. The van der Waals surface area contributed by atoms with Gasteiger partial charge in [0.05, 0.1) is 13.2 Å². The SMILES string of the molecule is CC(=O)O[C@@H](COC1CCCCO1)[C@H]1O[C@@H]2OC(C)(C)O[C@@H]2[C@H]1OCc1ccccc1. The van der Waals surface area contributed by atoms with Crippen LogP contribution >= 0.6 is 0 Å². The van der Waals surface area contributed by atoms with Crippen molar-refractivity contribution in [3.63, 3.8) is 0 Å². The van der Waals surface area contributed by atoms with Gasteiger partial charge in [0.2, 0.25) is 0 Å². The van der Waals surface area contributed by atoms with Crippen molar-refractivity contribution < 1.29 is 38.0 Å². The Kier molecular flexibility index (Phi) is 7.26. The first-order valence-electron chi connectivity index (χ1n) is 11.0. The first-order chi connectivity index (χ1) is 14.9. The highest BCUT2D eigenvalue weighted by molar-refractivity contribution is 5.66. The van der Waals surface area contributed by atoms with Gasteiger partial charge in [0, 0.05) is 13.5 Å². The van der Waals surface area contributed by atoms with Crippen LogP contribution in [0.5, 0.6) is 0 Å². The van der Waals surface area contributed by atoms with Crippen LogP contribution in [-0.4, -0.2) is 62.0 Å². The van der Waals surface area contributed by atoms with Crippen LogP contribution in [0.1, 0.15) is 45.6 Å². The van der Waals surface area contributed by atoms with Crippen LogP contribution in [0.25, 0.3) is 0 Å².